The highest BCUT2D eigenvalue weighted by atomic mass is 35.5. The summed E-state index contributed by atoms with van der Waals surface area (Å²) < 4.78 is 13.0. The molecule has 1 aliphatic carbocycles. The number of likely N-dealkylation sites (tertiary alicyclic amines) is 1. The first-order valence-corrected chi connectivity index (χ1v) is 23.2. The van der Waals surface area contributed by atoms with Crippen LogP contribution in [0.3, 0.4) is 0 Å². The summed E-state index contributed by atoms with van der Waals surface area (Å²) in [5.74, 6) is 1.99. The third kappa shape index (κ3) is 8.15. The van der Waals surface area contributed by atoms with Crippen LogP contribution >= 0.6 is 11.6 Å². The Kier molecular flexibility index (Phi) is 11.6. The zero-order valence-corrected chi connectivity index (χ0v) is 38.9. The van der Waals surface area contributed by atoms with E-state index in [2.05, 4.69) is 77.0 Å². The predicted octanol–water partition coefficient (Wildman–Crippen LogP) is 6.02. The molecule has 0 bridgehead atoms. The van der Waals surface area contributed by atoms with Crippen molar-refractivity contribution in [1.29, 1.82) is 5.26 Å². The number of ether oxygens (including phenoxy) is 2. The number of fused-ring (bicyclic) bond motifs is 1. The van der Waals surface area contributed by atoms with E-state index < -0.39 is 5.60 Å². The molecule has 14 heteroatoms. The average molecular weight is 892 g/mol. The molecule has 5 N–H and O–H groups in total. The second-order valence-corrected chi connectivity index (χ2v) is 21.3. The van der Waals surface area contributed by atoms with Gasteiger partial charge < -0.3 is 35.0 Å². The Bertz CT molecular complexity index is 2340. The topological polar surface area (TPSA) is 154 Å². The maximum absolute atomic E-state index is 13.7. The standard InChI is InChI=1S/C50H63ClN8O5/c1-47(2)44(48(3,4)45(47)64-35-13-9-30(23-52)39(51)22-35)56-42(60)31-24-54-46(55-25-31)58-20-8-18-50(27-58)28-59(29-50)33-11-14-34(15-12-33)63-40-16-10-32(49(5,6)62)21-37(40)38-26-57(7)43(61)41-36(38)17-19-53-41/h9-16,21-22,26,31,36,41,44-46,53-55,62H,8,17-20,24-25,27-29H2,1-7H3,(H,56,60). The van der Waals surface area contributed by atoms with Gasteiger partial charge in [-0.1, -0.05) is 45.4 Å². The Labute approximate surface area is 382 Å². The van der Waals surface area contributed by atoms with Gasteiger partial charge in [0.05, 0.1) is 28.1 Å². The monoisotopic (exact) mass is 890 g/mol. The van der Waals surface area contributed by atoms with Crippen molar-refractivity contribution in [3.05, 3.63) is 88.6 Å². The van der Waals surface area contributed by atoms with Crippen molar-refractivity contribution in [2.24, 2.45) is 28.1 Å². The van der Waals surface area contributed by atoms with Gasteiger partial charge in [0.15, 0.2) is 0 Å². The Morgan fingerprint density at radius 3 is 2.34 bits per heavy atom. The fourth-order valence-corrected chi connectivity index (χ4v) is 12.1. The van der Waals surface area contributed by atoms with Gasteiger partial charge in [-0.15, -0.1) is 0 Å². The highest BCUT2D eigenvalue weighted by Crippen LogP contribution is 2.56. The zero-order valence-electron chi connectivity index (χ0n) is 38.1. The number of rotatable bonds is 10. The molecule has 2 unspecified atom stereocenters. The maximum atomic E-state index is 13.7. The minimum Gasteiger partial charge on any atom is -0.489 e. The first-order chi connectivity index (χ1) is 30.4. The van der Waals surface area contributed by atoms with Crippen LogP contribution in [0, 0.1) is 39.4 Å². The van der Waals surface area contributed by atoms with E-state index >= 15 is 0 Å². The maximum Gasteiger partial charge on any atom is 0.244 e. The van der Waals surface area contributed by atoms with Gasteiger partial charge in [-0.05, 0) is 99.3 Å². The van der Waals surface area contributed by atoms with Gasteiger partial charge in [0.2, 0.25) is 11.8 Å². The summed E-state index contributed by atoms with van der Waals surface area (Å²) in [6.45, 7) is 18.0. The van der Waals surface area contributed by atoms with Crippen LogP contribution in [-0.2, 0) is 15.2 Å². The second kappa shape index (κ2) is 16.6. The Balaban J connectivity index is 0.778. The quantitative estimate of drug-likeness (QED) is 0.163. The predicted molar refractivity (Wildman–Crippen MR) is 248 cm³/mol. The molecule has 3 aromatic rings. The van der Waals surface area contributed by atoms with Crippen molar-refractivity contribution in [2.75, 3.05) is 57.8 Å². The molecular weight excluding hydrogens is 828 g/mol. The molecule has 6 aliphatic rings. The third-order valence-electron chi connectivity index (χ3n) is 15.0. The number of hydrogen-bond donors (Lipinski definition) is 5. The van der Waals surface area contributed by atoms with Crippen molar-refractivity contribution in [2.45, 2.75) is 90.9 Å². The van der Waals surface area contributed by atoms with Crippen LogP contribution in [0.25, 0.3) is 5.57 Å². The number of piperidine rings is 1. The van der Waals surface area contributed by atoms with Crippen molar-refractivity contribution >= 4 is 34.7 Å². The average Bonchev–Trinajstić information content (AvgIpc) is 3.76. The molecule has 1 spiro atoms. The molecule has 4 saturated heterocycles. The van der Waals surface area contributed by atoms with E-state index in [1.807, 2.05) is 36.5 Å². The van der Waals surface area contributed by atoms with Gasteiger partial charge in [-0.25, -0.2) is 0 Å². The van der Waals surface area contributed by atoms with E-state index in [0.29, 0.717) is 35.2 Å². The summed E-state index contributed by atoms with van der Waals surface area (Å²) in [4.78, 5) is 33.3. The van der Waals surface area contributed by atoms with Gasteiger partial charge in [0.1, 0.15) is 35.7 Å². The third-order valence-corrected chi connectivity index (χ3v) is 15.3. The van der Waals surface area contributed by atoms with E-state index in [4.69, 9.17) is 21.1 Å². The van der Waals surface area contributed by atoms with Gasteiger partial charge in [-0.3, -0.25) is 25.1 Å². The number of hydrogen-bond acceptors (Lipinski definition) is 11. The minimum absolute atomic E-state index is 0.0174. The van der Waals surface area contributed by atoms with Crippen LogP contribution in [0.4, 0.5) is 5.69 Å². The first kappa shape index (κ1) is 44.5. The van der Waals surface area contributed by atoms with Gasteiger partial charge >= 0.3 is 0 Å². The number of carbonyl (C=O) groups is 2. The Hall–Kier alpha value is -4.68. The van der Waals surface area contributed by atoms with Crippen molar-refractivity contribution < 1.29 is 24.2 Å². The normalized spacial score (nSPS) is 28.3. The fraction of sp³-hybridized carbons (Fsp3) is 0.540. The lowest BCUT2D eigenvalue weighted by Gasteiger charge is -2.63. The molecule has 1 saturated carbocycles. The molecular formula is C50H63ClN8O5. The van der Waals surface area contributed by atoms with Gasteiger partial charge in [0.25, 0.3) is 0 Å². The molecule has 0 aromatic heterocycles. The number of halogens is 1. The summed E-state index contributed by atoms with van der Waals surface area (Å²) in [7, 11) is 1.80. The molecule has 5 aliphatic heterocycles. The zero-order chi connectivity index (χ0) is 45.3. The largest absolute Gasteiger partial charge is 0.489 e. The molecule has 64 heavy (non-hydrogen) atoms. The number of amides is 2. The lowest BCUT2D eigenvalue weighted by molar-refractivity contribution is -0.174. The van der Waals surface area contributed by atoms with Crippen LogP contribution in [0.15, 0.2) is 66.9 Å². The molecule has 13 nitrogen and oxygen atoms in total. The molecule has 5 heterocycles. The summed E-state index contributed by atoms with van der Waals surface area (Å²) in [6, 6.07) is 21.1. The number of benzene rings is 3. The Morgan fingerprint density at radius 2 is 1.67 bits per heavy atom. The van der Waals surface area contributed by atoms with Crippen LogP contribution < -0.4 is 35.6 Å². The van der Waals surface area contributed by atoms with E-state index in [1.165, 1.54) is 12.1 Å². The number of anilines is 1. The number of nitriles is 1. The van der Waals surface area contributed by atoms with Crippen LogP contribution in [0.2, 0.25) is 5.02 Å². The molecule has 9 rings (SSSR count). The molecule has 340 valence electrons. The highest BCUT2D eigenvalue weighted by molar-refractivity contribution is 6.31. The van der Waals surface area contributed by atoms with E-state index in [1.54, 1.807) is 44.0 Å². The van der Waals surface area contributed by atoms with Gasteiger partial charge in [-0.2, -0.15) is 5.26 Å². The van der Waals surface area contributed by atoms with E-state index in [0.717, 1.165) is 68.0 Å². The van der Waals surface area contributed by atoms with Crippen LogP contribution in [-0.4, -0.2) is 104 Å². The lowest BCUT2D eigenvalue weighted by atomic mass is 9.49. The molecule has 2 atom stereocenters. The summed E-state index contributed by atoms with van der Waals surface area (Å²) in [5.41, 5.74) is 2.82. The molecule has 0 radical (unpaired) electrons. The SMILES string of the molecule is CN1C=C(c2cc(C(C)(C)O)ccc2Oc2ccc(N3CC4(CCCN(C5NCC(C(=O)NC6C(C)(C)C(Oc7ccc(C#N)c(Cl)c7)C6(C)C)CN5)C4)C3)cc2)C2CCNC2C1=O. The highest BCUT2D eigenvalue weighted by Gasteiger charge is 2.64. The summed E-state index contributed by atoms with van der Waals surface area (Å²) >= 11 is 6.29. The number of nitrogens with zero attached hydrogens (tertiary/aromatic N) is 4. The Morgan fingerprint density at radius 1 is 0.969 bits per heavy atom. The van der Waals surface area contributed by atoms with Crippen LogP contribution in [0.5, 0.6) is 17.2 Å². The second-order valence-electron chi connectivity index (χ2n) is 20.9. The first-order valence-electron chi connectivity index (χ1n) is 22.9. The molecule has 2 amide bonds. The van der Waals surface area contributed by atoms with Gasteiger partial charge in [0, 0.05) is 98.0 Å². The fourth-order valence-electron chi connectivity index (χ4n) is 11.9. The minimum atomic E-state index is -1.03. The van der Waals surface area contributed by atoms with E-state index in [-0.39, 0.29) is 64.4 Å². The number of nitrogens with one attached hydrogen (secondary N) is 4. The summed E-state index contributed by atoms with van der Waals surface area (Å²) in [6.07, 6.45) is 4.96. The number of likely N-dealkylation sites (N-methyl/N-ethyl adjacent to an activating group) is 1. The smallest absolute Gasteiger partial charge is 0.244 e. The lowest BCUT2D eigenvalue weighted by Crippen LogP contribution is -2.75. The molecule has 3 aromatic carbocycles. The van der Waals surface area contributed by atoms with Crippen molar-refractivity contribution in [3.63, 3.8) is 0 Å². The van der Waals surface area contributed by atoms with Crippen molar-refractivity contribution in [1.82, 2.24) is 31.1 Å². The number of carbonyl (C=O) groups excluding carboxylic acids is 2. The van der Waals surface area contributed by atoms with E-state index in [9.17, 15) is 20.0 Å². The number of aliphatic hydroxyl groups is 1. The summed E-state index contributed by atoms with van der Waals surface area (Å²) in [5, 5.41) is 34.6. The van der Waals surface area contributed by atoms with Crippen LogP contribution in [0.1, 0.15) is 77.5 Å². The molecule has 5 fully saturated rings. The van der Waals surface area contributed by atoms with Crippen molar-refractivity contribution in [3.8, 4) is 23.3 Å².